The first-order chi connectivity index (χ1) is 19.0. The first-order valence-corrected chi connectivity index (χ1v) is 14.9. The van der Waals surface area contributed by atoms with Crippen LogP contribution < -0.4 is 10.6 Å². The van der Waals surface area contributed by atoms with Crippen molar-refractivity contribution in [3.63, 3.8) is 0 Å². The van der Waals surface area contributed by atoms with Crippen molar-refractivity contribution in [2.24, 2.45) is 22.7 Å². The average Bonchev–Trinajstić information content (AvgIpc) is 3.78. The topological polar surface area (TPSA) is 137 Å². The van der Waals surface area contributed by atoms with Gasteiger partial charge in [0.15, 0.2) is 0 Å². The molecule has 0 radical (unpaired) electrons. The lowest BCUT2D eigenvalue weighted by Crippen LogP contribution is -2.57. The fourth-order valence-corrected chi connectivity index (χ4v) is 6.06. The van der Waals surface area contributed by atoms with Crippen LogP contribution in [0.4, 0.5) is 0 Å². The third kappa shape index (κ3) is 6.60. The molecule has 216 valence electrons. The number of hydrogen-bond acceptors (Lipinski definition) is 7. The Bertz CT molecular complexity index is 1220. The van der Waals surface area contributed by atoms with E-state index in [0.717, 1.165) is 27.8 Å². The molecule has 0 aromatic heterocycles. The smallest absolute Gasteiger partial charge is 0.330 e. The zero-order valence-corrected chi connectivity index (χ0v) is 25.3. The number of hydrogen-bond donors (Lipinski definition) is 3. The molecule has 4 rings (SSSR count). The van der Waals surface area contributed by atoms with Gasteiger partial charge in [0.25, 0.3) is 5.91 Å². The third-order valence-corrected chi connectivity index (χ3v) is 9.29. The molecule has 3 N–H and O–H groups in total. The summed E-state index contributed by atoms with van der Waals surface area (Å²) in [7, 11) is 1.51. The van der Waals surface area contributed by atoms with E-state index in [0.29, 0.717) is 0 Å². The maximum atomic E-state index is 14.0. The monoisotopic (exact) mass is 634 g/mol. The number of nitrogens with one attached hydrogen (secondary N) is 2. The Morgan fingerprint density at radius 2 is 1.93 bits per heavy atom. The number of carboxylic acid groups (broad SMARTS) is 1. The van der Waals surface area contributed by atoms with E-state index in [1.807, 2.05) is 31.2 Å². The van der Waals surface area contributed by atoms with E-state index in [1.54, 1.807) is 26.0 Å². The lowest BCUT2D eigenvalue weighted by atomic mass is 10.1. The number of carbonyl (C=O) groups is 4. The summed E-state index contributed by atoms with van der Waals surface area (Å²) in [6.07, 6.45) is 4.31. The number of halogens is 1. The Morgan fingerprint density at radius 1 is 1.25 bits per heavy atom. The number of carbonyl (C=O) groups excluding carboxylic acids is 3. The van der Waals surface area contributed by atoms with Crippen LogP contribution in [-0.4, -0.2) is 76.7 Å². The van der Waals surface area contributed by atoms with E-state index in [4.69, 9.17) is 4.18 Å². The summed E-state index contributed by atoms with van der Waals surface area (Å²) in [5, 5.41) is 15.5. The van der Waals surface area contributed by atoms with Crippen molar-refractivity contribution in [2.45, 2.75) is 68.7 Å². The maximum absolute atomic E-state index is 14.0. The van der Waals surface area contributed by atoms with Gasteiger partial charge in [-0.25, -0.2) is 4.79 Å². The first-order valence-electron chi connectivity index (χ1n) is 13.3. The zero-order valence-electron chi connectivity index (χ0n) is 22.9. The van der Waals surface area contributed by atoms with Crippen LogP contribution in [0.3, 0.4) is 0 Å². The van der Waals surface area contributed by atoms with Crippen molar-refractivity contribution in [3.8, 4) is 0 Å². The van der Waals surface area contributed by atoms with Crippen molar-refractivity contribution < 1.29 is 28.5 Å². The van der Waals surface area contributed by atoms with Crippen LogP contribution in [0.5, 0.6) is 0 Å². The van der Waals surface area contributed by atoms with Gasteiger partial charge in [0.1, 0.15) is 17.6 Å². The molecule has 2 aliphatic carbocycles. The molecular formula is C28H35BrN4O6S. The maximum Gasteiger partial charge on any atom is 0.330 e. The molecule has 40 heavy (non-hydrogen) atoms. The number of nitrogens with zero attached hydrogens (tertiary/aromatic N) is 2. The number of rotatable bonds is 11. The molecule has 0 bridgehead atoms. The van der Waals surface area contributed by atoms with Crippen LogP contribution in [0.1, 0.15) is 40.0 Å². The van der Waals surface area contributed by atoms with Gasteiger partial charge in [-0.2, -0.15) is 0 Å². The van der Waals surface area contributed by atoms with Gasteiger partial charge >= 0.3 is 5.97 Å². The predicted molar refractivity (Wildman–Crippen MR) is 155 cm³/mol. The minimum Gasteiger partial charge on any atom is -0.479 e. The average molecular weight is 636 g/mol. The van der Waals surface area contributed by atoms with Crippen LogP contribution >= 0.6 is 28.0 Å². The molecule has 2 saturated carbocycles. The van der Waals surface area contributed by atoms with Crippen LogP contribution in [0.15, 0.2) is 50.8 Å². The normalized spacial score (nSPS) is 30.2. The highest BCUT2D eigenvalue weighted by Crippen LogP contribution is 2.46. The van der Waals surface area contributed by atoms with E-state index in [2.05, 4.69) is 31.6 Å². The van der Waals surface area contributed by atoms with Gasteiger partial charge in [-0.05, 0) is 62.8 Å². The summed E-state index contributed by atoms with van der Waals surface area (Å²) in [5.41, 5.74) is -1.14. The van der Waals surface area contributed by atoms with Gasteiger partial charge < -0.3 is 24.8 Å². The van der Waals surface area contributed by atoms with E-state index >= 15 is 0 Å². The fraction of sp³-hybridized carbons (Fsp3) is 0.536. The quantitative estimate of drug-likeness (QED) is 0.193. The van der Waals surface area contributed by atoms with E-state index < -0.39 is 41.5 Å². The zero-order chi connectivity index (χ0) is 29.2. The Morgan fingerprint density at radius 3 is 2.50 bits per heavy atom. The molecule has 1 aromatic carbocycles. The largest absolute Gasteiger partial charge is 0.479 e. The number of carboxylic acids is 1. The second-order valence-electron chi connectivity index (χ2n) is 10.7. The highest BCUT2D eigenvalue weighted by Gasteiger charge is 2.61. The highest BCUT2D eigenvalue weighted by molar-refractivity contribution is 9.10. The van der Waals surface area contributed by atoms with Gasteiger partial charge in [0.05, 0.1) is 11.8 Å². The van der Waals surface area contributed by atoms with Gasteiger partial charge in [0, 0.05) is 47.3 Å². The van der Waals surface area contributed by atoms with Crippen molar-refractivity contribution in [2.75, 3.05) is 13.6 Å². The molecule has 10 nitrogen and oxygen atoms in total. The molecular weight excluding hydrogens is 600 g/mol. The number of aliphatic imine (C=N–C) groups is 1. The number of benzene rings is 1. The Hall–Kier alpha value is -2.70. The van der Waals surface area contributed by atoms with Crippen molar-refractivity contribution in [1.29, 1.82) is 0 Å². The Labute approximate surface area is 246 Å². The summed E-state index contributed by atoms with van der Waals surface area (Å²) < 4.78 is 6.98. The number of amides is 3. The summed E-state index contributed by atoms with van der Waals surface area (Å²) in [4.78, 5) is 58.6. The Balaban J connectivity index is 1.55. The molecule has 1 aromatic rings. The minimum absolute atomic E-state index is 0.0604. The van der Waals surface area contributed by atoms with Crippen molar-refractivity contribution >= 4 is 57.4 Å². The molecule has 3 aliphatic rings. The second kappa shape index (κ2) is 12.4. The minimum atomic E-state index is -1.39. The Kier molecular flexibility index (Phi) is 9.41. The third-order valence-electron chi connectivity index (χ3n) is 7.93. The van der Waals surface area contributed by atoms with Crippen LogP contribution in [-0.2, 0) is 23.4 Å². The van der Waals surface area contributed by atoms with E-state index in [1.165, 1.54) is 11.9 Å². The number of likely N-dealkylation sites (tertiary alicyclic amines) is 1. The molecule has 3 amide bonds. The van der Waals surface area contributed by atoms with Crippen molar-refractivity contribution in [1.82, 2.24) is 15.5 Å². The molecule has 1 aliphatic heterocycles. The number of aliphatic carboxylic acids is 1. The van der Waals surface area contributed by atoms with Gasteiger partial charge in [0.2, 0.25) is 11.8 Å². The fourth-order valence-electron chi connectivity index (χ4n) is 5.16. The predicted octanol–water partition coefficient (Wildman–Crippen LogP) is 3.21. The summed E-state index contributed by atoms with van der Waals surface area (Å²) in [6, 6.07) is 5.79. The molecule has 7 atom stereocenters. The first kappa shape index (κ1) is 30.3. The molecule has 1 heterocycles. The SMILES string of the molecule is C/C=C\[C@@H]1C[C@]1(NC(=O)C1C[C@H](OSc2ccc(Br)cc2)CN1C(=O)[C@@H](NC(=O)/C(C)=N/C)C1CC1C)C(=O)O. The van der Waals surface area contributed by atoms with Gasteiger partial charge in [-0.15, -0.1) is 0 Å². The van der Waals surface area contributed by atoms with Gasteiger partial charge in [-0.3, -0.25) is 19.4 Å². The summed E-state index contributed by atoms with van der Waals surface area (Å²) in [5.74, 6) is -2.60. The lowest BCUT2D eigenvalue weighted by Gasteiger charge is -2.29. The van der Waals surface area contributed by atoms with Crippen LogP contribution in [0.25, 0.3) is 0 Å². The van der Waals surface area contributed by atoms with Crippen molar-refractivity contribution in [3.05, 3.63) is 40.9 Å². The van der Waals surface area contributed by atoms with Gasteiger partial charge in [-0.1, -0.05) is 35.0 Å². The highest BCUT2D eigenvalue weighted by atomic mass is 79.9. The van der Waals surface area contributed by atoms with E-state index in [-0.39, 0.29) is 48.8 Å². The van der Waals surface area contributed by atoms with Crippen LogP contribution in [0.2, 0.25) is 0 Å². The van der Waals surface area contributed by atoms with E-state index in [9.17, 15) is 24.3 Å². The molecule has 1 saturated heterocycles. The molecule has 3 fully saturated rings. The molecule has 12 heteroatoms. The van der Waals surface area contributed by atoms with Crippen LogP contribution in [0, 0.1) is 17.8 Å². The second-order valence-corrected chi connectivity index (χ2v) is 12.5. The summed E-state index contributed by atoms with van der Waals surface area (Å²) >= 11 is 4.56. The summed E-state index contributed by atoms with van der Waals surface area (Å²) in [6.45, 7) is 5.52. The number of allylic oxidation sites excluding steroid dienone is 1. The standard InChI is InChI=1S/C28H35BrN4O6S/c1-5-6-17-13-28(17,27(37)38)32-25(35)22-12-19(39-40-20-9-7-18(29)8-10-20)14-33(22)26(36)23(21-11-15(21)2)31-24(34)16(3)30-4/h5-10,15,17,19,21-23H,11-14H2,1-4H3,(H,31,34)(H,32,35)(H,37,38)/b6-5-,30-16+/t15?,17-,19+,21?,22?,23+,28-/m1/s1. The molecule has 3 unspecified atom stereocenters. The molecule has 0 spiro atoms. The lowest BCUT2D eigenvalue weighted by molar-refractivity contribution is -0.146.